The van der Waals surface area contributed by atoms with Gasteiger partial charge in [0.2, 0.25) is 5.91 Å². The van der Waals surface area contributed by atoms with Crippen molar-refractivity contribution >= 4 is 35.8 Å². The molecule has 1 aliphatic rings. The molecule has 1 aliphatic carbocycles. The summed E-state index contributed by atoms with van der Waals surface area (Å²) in [6, 6.07) is 0. The highest BCUT2D eigenvalue weighted by atomic mass is 127. The molecule has 6 heteroatoms. The number of guanidine groups is 1. The second-order valence-electron chi connectivity index (χ2n) is 5.58. The minimum Gasteiger partial charge on any atom is -0.357 e. The second kappa shape index (κ2) is 12.7. The monoisotopic (exact) mass is 422 g/mol. The van der Waals surface area contributed by atoms with Crippen LogP contribution < -0.4 is 10.6 Å². The number of hydrogen-bond acceptors (Lipinski definition) is 2. The Labute approximate surface area is 152 Å². The van der Waals surface area contributed by atoms with E-state index in [1.807, 2.05) is 6.92 Å². The van der Waals surface area contributed by atoms with Crippen molar-refractivity contribution in [3.63, 3.8) is 0 Å². The van der Waals surface area contributed by atoms with Gasteiger partial charge in [0.05, 0.1) is 6.54 Å². The van der Waals surface area contributed by atoms with E-state index in [0.717, 1.165) is 25.5 Å². The van der Waals surface area contributed by atoms with Crippen LogP contribution in [0.2, 0.25) is 0 Å². The van der Waals surface area contributed by atoms with Crippen LogP contribution in [0.15, 0.2) is 16.6 Å². The zero-order valence-corrected chi connectivity index (χ0v) is 16.5. The van der Waals surface area contributed by atoms with E-state index in [0.29, 0.717) is 13.0 Å². The van der Waals surface area contributed by atoms with E-state index in [2.05, 4.69) is 21.7 Å². The minimum atomic E-state index is 0. The van der Waals surface area contributed by atoms with Crippen molar-refractivity contribution in [2.75, 3.05) is 33.7 Å². The number of halogens is 1. The van der Waals surface area contributed by atoms with Crippen LogP contribution in [0.1, 0.15) is 45.4 Å². The van der Waals surface area contributed by atoms with Gasteiger partial charge in [0.1, 0.15) is 0 Å². The SMILES string of the molecule is CCNC(=NCCC(=O)N(C)C)NCCC1=CCCCC1.I. The fourth-order valence-electron chi connectivity index (χ4n) is 2.30. The highest BCUT2D eigenvalue weighted by Crippen LogP contribution is 2.19. The summed E-state index contributed by atoms with van der Waals surface area (Å²) in [6.45, 7) is 4.30. The number of rotatable bonds is 7. The maximum absolute atomic E-state index is 11.5. The molecule has 0 aromatic carbocycles. The summed E-state index contributed by atoms with van der Waals surface area (Å²) in [4.78, 5) is 17.6. The van der Waals surface area contributed by atoms with Gasteiger partial charge in [0.15, 0.2) is 5.96 Å². The third-order valence-electron chi connectivity index (χ3n) is 3.56. The Morgan fingerprint density at radius 1 is 1.32 bits per heavy atom. The number of hydrogen-bond donors (Lipinski definition) is 2. The molecular weight excluding hydrogens is 391 g/mol. The van der Waals surface area contributed by atoms with Gasteiger partial charge in [-0.05, 0) is 39.0 Å². The molecule has 0 unspecified atom stereocenters. The molecule has 0 bridgehead atoms. The lowest BCUT2D eigenvalue weighted by molar-refractivity contribution is -0.128. The van der Waals surface area contributed by atoms with Gasteiger partial charge < -0.3 is 15.5 Å². The van der Waals surface area contributed by atoms with Gasteiger partial charge in [0, 0.05) is 33.6 Å². The zero-order valence-electron chi connectivity index (χ0n) is 14.2. The van der Waals surface area contributed by atoms with Crippen molar-refractivity contribution in [3.05, 3.63) is 11.6 Å². The maximum atomic E-state index is 11.5. The Morgan fingerprint density at radius 2 is 2.09 bits per heavy atom. The number of nitrogens with zero attached hydrogens (tertiary/aromatic N) is 2. The van der Waals surface area contributed by atoms with Gasteiger partial charge in [0.25, 0.3) is 0 Å². The van der Waals surface area contributed by atoms with Crippen molar-refractivity contribution in [3.8, 4) is 0 Å². The van der Waals surface area contributed by atoms with E-state index in [-0.39, 0.29) is 29.9 Å². The number of aliphatic imine (C=N–C) groups is 1. The Balaban J connectivity index is 0.00000441. The average molecular weight is 422 g/mol. The summed E-state index contributed by atoms with van der Waals surface area (Å²) in [5.74, 6) is 0.919. The van der Waals surface area contributed by atoms with Crippen LogP contribution in [0.4, 0.5) is 0 Å². The first-order valence-electron chi connectivity index (χ1n) is 8.03. The molecular formula is C16H31IN4O. The quantitative estimate of drug-likeness (QED) is 0.287. The van der Waals surface area contributed by atoms with E-state index in [4.69, 9.17) is 0 Å². The van der Waals surface area contributed by atoms with Gasteiger partial charge >= 0.3 is 0 Å². The molecule has 2 N–H and O–H groups in total. The highest BCUT2D eigenvalue weighted by Gasteiger charge is 2.05. The van der Waals surface area contributed by atoms with Crippen molar-refractivity contribution < 1.29 is 4.79 Å². The first kappa shape index (κ1) is 21.2. The fourth-order valence-corrected chi connectivity index (χ4v) is 2.30. The van der Waals surface area contributed by atoms with Gasteiger partial charge in [-0.3, -0.25) is 9.79 Å². The molecule has 0 atom stereocenters. The maximum Gasteiger partial charge on any atom is 0.223 e. The van der Waals surface area contributed by atoms with Crippen LogP contribution in [-0.2, 0) is 4.79 Å². The van der Waals surface area contributed by atoms with Crippen molar-refractivity contribution in [1.82, 2.24) is 15.5 Å². The van der Waals surface area contributed by atoms with E-state index in [1.54, 1.807) is 24.6 Å². The predicted molar refractivity (Wildman–Crippen MR) is 104 cm³/mol. The molecule has 0 saturated carbocycles. The number of allylic oxidation sites excluding steroid dienone is 1. The lowest BCUT2D eigenvalue weighted by Crippen LogP contribution is -2.38. The predicted octanol–water partition coefficient (Wildman–Crippen LogP) is 2.53. The molecule has 0 aliphatic heterocycles. The Bertz CT molecular complexity index is 380. The second-order valence-corrected chi connectivity index (χ2v) is 5.58. The highest BCUT2D eigenvalue weighted by molar-refractivity contribution is 14.0. The van der Waals surface area contributed by atoms with Crippen LogP contribution in [0.3, 0.4) is 0 Å². The molecule has 0 aromatic heterocycles. The third kappa shape index (κ3) is 9.27. The van der Waals surface area contributed by atoms with Gasteiger partial charge in [-0.1, -0.05) is 11.6 Å². The largest absolute Gasteiger partial charge is 0.357 e. The Hall–Kier alpha value is -0.790. The standard InChI is InChI=1S/C16H30N4O.HI/c1-4-17-16(19-13-11-15(21)20(2)3)18-12-10-14-8-6-5-7-9-14;/h8H,4-7,9-13H2,1-3H3,(H2,17,18,19);1H. The van der Waals surface area contributed by atoms with E-state index in [1.165, 1.54) is 25.7 Å². The molecule has 128 valence electrons. The summed E-state index contributed by atoms with van der Waals surface area (Å²) >= 11 is 0. The molecule has 22 heavy (non-hydrogen) atoms. The van der Waals surface area contributed by atoms with Crippen LogP contribution >= 0.6 is 24.0 Å². The molecule has 1 rings (SSSR count). The molecule has 0 saturated heterocycles. The number of nitrogens with one attached hydrogen (secondary N) is 2. The van der Waals surface area contributed by atoms with Crippen LogP contribution in [0, 0.1) is 0 Å². The van der Waals surface area contributed by atoms with Crippen molar-refractivity contribution in [2.45, 2.75) is 45.4 Å². The normalized spacial score (nSPS) is 14.7. The number of carbonyl (C=O) groups excluding carboxylic acids is 1. The molecule has 0 fully saturated rings. The van der Waals surface area contributed by atoms with Gasteiger partial charge in [-0.2, -0.15) is 0 Å². The average Bonchev–Trinajstić information content (AvgIpc) is 2.48. The lowest BCUT2D eigenvalue weighted by Gasteiger charge is -2.15. The summed E-state index contributed by atoms with van der Waals surface area (Å²) in [6.07, 6.45) is 9.05. The molecule has 0 radical (unpaired) electrons. The molecule has 0 spiro atoms. The van der Waals surface area contributed by atoms with Gasteiger partial charge in [-0.25, -0.2) is 0 Å². The third-order valence-corrected chi connectivity index (χ3v) is 3.56. The van der Waals surface area contributed by atoms with Crippen molar-refractivity contribution in [1.29, 1.82) is 0 Å². The summed E-state index contributed by atoms with van der Waals surface area (Å²) in [5.41, 5.74) is 1.56. The van der Waals surface area contributed by atoms with Crippen LogP contribution in [-0.4, -0.2) is 50.5 Å². The van der Waals surface area contributed by atoms with E-state index >= 15 is 0 Å². The number of amides is 1. The summed E-state index contributed by atoms with van der Waals surface area (Å²) in [5, 5.41) is 6.56. The molecule has 1 amide bonds. The van der Waals surface area contributed by atoms with Crippen molar-refractivity contribution in [2.24, 2.45) is 4.99 Å². The molecule has 5 nitrogen and oxygen atoms in total. The Kier molecular flexibility index (Phi) is 12.3. The smallest absolute Gasteiger partial charge is 0.223 e. The minimum absolute atomic E-state index is 0. The fraction of sp³-hybridized carbons (Fsp3) is 0.750. The number of carbonyl (C=O) groups is 1. The van der Waals surface area contributed by atoms with Crippen LogP contribution in [0.25, 0.3) is 0 Å². The Morgan fingerprint density at radius 3 is 2.68 bits per heavy atom. The van der Waals surface area contributed by atoms with Crippen LogP contribution in [0.5, 0.6) is 0 Å². The first-order chi connectivity index (χ1) is 10.1. The van der Waals surface area contributed by atoms with E-state index in [9.17, 15) is 4.79 Å². The lowest BCUT2D eigenvalue weighted by atomic mass is 9.97. The molecule has 0 aromatic rings. The van der Waals surface area contributed by atoms with E-state index < -0.39 is 0 Å². The first-order valence-corrected chi connectivity index (χ1v) is 8.03. The summed E-state index contributed by atoms with van der Waals surface area (Å²) < 4.78 is 0. The topological polar surface area (TPSA) is 56.7 Å². The van der Waals surface area contributed by atoms with Gasteiger partial charge in [-0.15, -0.1) is 24.0 Å². The summed E-state index contributed by atoms with van der Waals surface area (Å²) in [7, 11) is 3.54. The zero-order chi connectivity index (χ0) is 15.5. The molecule has 0 heterocycles.